The van der Waals surface area contributed by atoms with E-state index in [1.807, 2.05) is 49.2 Å². The van der Waals surface area contributed by atoms with Crippen LogP contribution in [0.15, 0.2) is 36.5 Å². The van der Waals surface area contributed by atoms with Crippen LogP contribution in [0.2, 0.25) is 0 Å². The number of para-hydroxylation sites is 1. The molecule has 2 rings (SSSR count). The highest BCUT2D eigenvalue weighted by Crippen LogP contribution is 2.23. The smallest absolute Gasteiger partial charge is 0.230 e. The number of nitriles is 1. The lowest BCUT2D eigenvalue weighted by atomic mass is 10.2. The van der Waals surface area contributed by atoms with E-state index in [2.05, 4.69) is 9.97 Å². The summed E-state index contributed by atoms with van der Waals surface area (Å²) in [7, 11) is 1.89. The third-order valence-corrected chi connectivity index (χ3v) is 2.53. The Morgan fingerprint density at radius 2 is 2.00 bits per heavy atom. The van der Waals surface area contributed by atoms with Crippen LogP contribution in [0.25, 0.3) is 0 Å². The Bertz CT molecular complexity index is 572. The maximum Gasteiger partial charge on any atom is 0.230 e. The van der Waals surface area contributed by atoms with Gasteiger partial charge in [-0.05, 0) is 24.6 Å². The molecule has 84 valence electrons. The van der Waals surface area contributed by atoms with Crippen molar-refractivity contribution >= 4 is 11.6 Å². The molecule has 17 heavy (non-hydrogen) atoms. The number of aryl methyl sites for hydroxylation is 1. The molecule has 0 aliphatic carbocycles. The molecule has 1 aromatic carbocycles. The van der Waals surface area contributed by atoms with Gasteiger partial charge >= 0.3 is 0 Å². The molecule has 0 atom stereocenters. The Kier molecular flexibility index (Phi) is 3.01. The monoisotopic (exact) mass is 224 g/mol. The van der Waals surface area contributed by atoms with Gasteiger partial charge in [-0.2, -0.15) is 5.26 Å². The standard InChI is InChI=1S/C13H12N4/c1-10-5-3-4-6-12(10)17(2)13-15-8-7-11(9-14)16-13/h3-8H,1-2H3. The summed E-state index contributed by atoms with van der Waals surface area (Å²) in [5.74, 6) is 0.526. The molecule has 0 N–H and O–H groups in total. The van der Waals surface area contributed by atoms with Crippen LogP contribution in [-0.2, 0) is 0 Å². The van der Waals surface area contributed by atoms with E-state index in [1.165, 1.54) is 0 Å². The fourth-order valence-electron chi connectivity index (χ4n) is 1.62. The van der Waals surface area contributed by atoms with Crippen LogP contribution in [0, 0.1) is 18.3 Å². The SMILES string of the molecule is Cc1ccccc1N(C)c1nccc(C#N)n1. The predicted octanol–water partition coefficient (Wildman–Crippen LogP) is 2.42. The number of nitrogens with zero attached hydrogens (tertiary/aromatic N) is 4. The van der Waals surface area contributed by atoms with Gasteiger partial charge in [0.1, 0.15) is 11.8 Å². The largest absolute Gasteiger partial charge is 0.313 e. The second-order valence-electron chi connectivity index (χ2n) is 3.70. The van der Waals surface area contributed by atoms with E-state index in [0.717, 1.165) is 11.3 Å². The Morgan fingerprint density at radius 1 is 1.24 bits per heavy atom. The molecule has 4 nitrogen and oxygen atoms in total. The highest BCUT2D eigenvalue weighted by molar-refractivity contribution is 5.60. The average Bonchev–Trinajstić information content (AvgIpc) is 2.38. The van der Waals surface area contributed by atoms with Gasteiger partial charge in [0.15, 0.2) is 0 Å². The summed E-state index contributed by atoms with van der Waals surface area (Å²) in [6.07, 6.45) is 1.59. The summed E-state index contributed by atoms with van der Waals surface area (Å²) in [6, 6.07) is 11.6. The Hall–Kier alpha value is -2.41. The number of aromatic nitrogens is 2. The van der Waals surface area contributed by atoms with E-state index in [1.54, 1.807) is 12.3 Å². The van der Waals surface area contributed by atoms with Crippen LogP contribution < -0.4 is 4.90 Å². The Labute approximate surface area is 100 Å². The molecule has 0 fully saturated rings. The molecular weight excluding hydrogens is 212 g/mol. The summed E-state index contributed by atoms with van der Waals surface area (Å²) in [5.41, 5.74) is 2.54. The predicted molar refractivity (Wildman–Crippen MR) is 66.0 cm³/mol. The van der Waals surface area contributed by atoms with Crippen LogP contribution in [0.4, 0.5) is 11.6 Å². The number of benzene rings is 1. The maximum atomic E-state index is 8.81. The Balaban J connectivity index is 2.41. The van der Waals surface area contributed by atoms with Crippen LogP contribution in [0.5, 0.6) is 0 Å². The summed E-state index contributed by atoms with van der Waals surface area (Å²) in [4.78, 5) is 10.2. The van der Waals surface area contributed by atoms with E-state index >= 15 is 0 Å². The summed E-state index contributed by atoms with van der Waals surface area (Å²) in [5, 5.41) is 8.81. The van der Waals surface area contributed by atoms with Crippen molar-refractivity contribution in [2.24, 2.45) is 0 Å². The van der Waals surface area contributed by atoms with Crippen molar-refractivity contribution in [2.45, 2.75) is 6.92 Å². The number of hydrogen-bond acceptors (Lipinski definition) is 4. The second kappa shape index (κ2) is 4.62. The molecule has 0 unspecified atom stereocenters. The zero-order valence-electron chi connectivity index (χ0n) is 9.75. The molecule has 1 aromatic heterocycles. The molecular formula is C13H12N4. The van der Waals surface area contributed by atoms with Crippen molar-refractivity contribution in [2.75, 3.05) is 11.9 Å². The van der Waals surface area contributed by atoms with Gasteiger partial charge < -0.3 is 4.90 Å². The highest BCUT2D eigenvalue weighted by atomic mass is 15.2. The van der Waals surface area contributed by atoms with Crippen LogP contribution in [0.3, 0.4) is 0 Å². The normalized spacial score (nSPS) is 9.71. The molecule has 0 saturated heterocycles. The van der Waals surface area contributed by atoms with Crippen molar-refractivity contribution in [3.8, 4) is 6.07 Å². The van der Waals surface area contributed by atoms with E-state index in [9.17, 15) is 0 Å². The lowest BCUT2D eigenvalue weighted by Gasteiger charge is -2.18. The molecule has 0 aliphatic rings. The fraction of sp³-hybridized carbons (Fsp3) is 0.154. The summed E-state index contributed by atoms with van der Waals surface area (Å²) >= 11 is 0. The van der Waals surface area contributed by atoms with E-state index < -0.39 is 0 Å². The third kappa shape index (κ3) is 2.23. The number of hydrogen-bond donors (Lipinski definition) is 0. The van der Waals surface area contributed by atoms with Gasteiger partial charge in [-0.15, -0.1) is 0 Å². The quantitative estimate of drug-likeness (QED) is 0.786. The number of anilines is 2. The Morgan fingerprint density at radius 3 is 2.71 bits per heavy atom. The summed E-state index contributed by atoms with van der Waals surface area (Å²) < 4.78 is 0. The number of rotatable bonds is 2. The molecule has 0 bridgehead atoms. The van der Waals surface area contributed by atoms with Crippen LogP contribution in [-0.4, -0.2) is 17.0 Å². The van der Waals surface area contributed by atoms with E-state index in [4.69, 9.17) is 5.26 Å². The zero-order chi connectivity index (χ0) is 12.3. The molecule has 1 heterocycles. The zero-order valence-corrected chi connectivity index (χ0v) is 9.75. The second-order valence-corrected chi connectivity index (χ2v) is 3.70. The minimum absolute atomic E-state index is 0.371. The molecule has 0 spiro atoms. The lowest BCUT2D eigenvalue weighted by Crippen LogP contribution is -2.14. The molecule has 0 amide bonds. The third-order valence-electron chi connectivity index (χ3n) is 2.53. The van der Waals surface area contributed by atoms with Crippen molar-refractivity contribution < 1.29 is 0 Å². The van der Waals surface area contributed by atoms with Gasteiger partial charge in [-0.1, -0.05) is 18.2 Å². The summed E-state index contributed by atoms with van der Waals surface area (Å²) in [6.45, 7) is 2.03. The highest BCUT2D eigenvalue weighted by Gasteiger charge is 2.09. The van der Waals surface area contributed by atoms with Gasteiger partial charge in [0.05, 0.1) is 0 Å². The fourth-order valence-corrected chi connectivity index (χ4v) is 1.62. The van der Waals surface area contributed by atoms with Crippen molar-refractivity contribution in [3.63, 3.8) is 0 Å². The molecule has 0 aliphatic heterocycles. The topological polar surface area (TPSA) is 52.8 Å². The molecule has 2 aromatic rings. The first-order chi connectivity index (χ1) is 8.22. The average molecular weight is 224 g/mol. The van der Waals surface area contributed by atoms with Gasteiger partial charge in [0.25, 0.3) is 0 Å². The van der Waals surface area contributed by atoms with Crippen molar-refractivity contribution in [1.29, 1.82) is 5.26 Å². The maximum absolute atomic E-state index is 8.81. The van der Waals surface area contributed by atoms with Gasteiger partial charge in [0.2, 0.25) is 5.95 Å². The first-order valence-electron chi connectivity index (χ1n) is 5.25. The van der Waals surface area contributed by atoms with Crippen LogP contribution in [0.1, 0.15) is 11.3 Å². The van der Waals surface area contributed by atoms with Crippen LogP contribution >= 0.6 is 0 Å². The lowest BCUT2D eigenvalue weighted by molar-refractivity contribution is 1.02. The van der Waals surface area contributed by atoms with E-state index in [0.29, 0.717) is 11.6 Å². The van der Waals surface area contributed by atoms with Gasteiger partial charge in [-0.3, -0.25) is 0 Å². The first-order valence-corrected chi connectivity index (χ1v) is 5.25. The van der Waals surface area contributed by atoms with Gasteiger partial charge in [0, 0.05) is 18.9 Å². The molecule has 4 heteroatoms. The van der Waals surface area contributed by atoms with Crippen molar-refractivity contribution in [1.82, 2.24) is 9.97 Å². The molecule has 0 radical (unpaired) electrons. The minimum Gasteiger partial charge on any atom is -0.313 e. The van der Waals surface area contributed by atoms with Gasteiger partial charge in [-0.25, -0.2) is 9.97 Å². The van der Waals surface area contributed by atoms with E-state index in [-0.39, 0.29) is 0 Å². The molecule has 0 saturated carbocycles. The van der Waals surface area contributed by atoms with Crippen molar-refractivity contribution in [3.05, 3.63) is 47.8 Å². The first kappa shape index (κ1) is 11.1. The minimum atomic E-state index is 0.371.